The Labute approximate surface area is 72.5 Å². The fourth-order valence-corrected chi connectivity index (χ4v) is 1.13. The number of hydrogen-bond acceptors (Lipinski definition) is 3. The van der Waals surface area contributed by atoms with Crippen molar-refractivity contribution < 1.29 is 18.3 Å². The van der Waals surface area contributed by atoms with Crippen LogP contribution in [0.5, 0.6) is 11.5 Å². The number of fused-ring (bicyclic) bond motifs is 1. The van der Waals surface area contributed by atoms with E-state index < -0.39 is 6.29 Å². The van der Waals surface area contributed by atoms with Crippen LogP contribution in [0.2, 0.25) is 0 Å². The van der Waals surface area contributed by atoms with Crippen molar-refractivity contribution in [3.05, 3.63) is 18.2 Å². The molecule has 0 saturated heterocycles. The topological polar surface area (TPSA) is 18.5 Å². The number of halogens is 2. The summed E-state index contributed by atoms with van der Waals surface area (Å²) in [4.78, 5) is 0.551. The third-order valence-corrected chi connectivity index (χ3v) is 1.66. The highest BCUT2D eigenvalue weighted by Crippen LogP contribution is 2.41. The second-order valence-electron chi connectivity index (χ2n) is 2.30. The van der Waals surface area contributed by atoms with E-state index in [2.05, 4.69) is 22.1 Å². The van der Waals surface area contributed by atoms with E-state index in [9.17, 15) is 8.78 Å². The van der Waals surface area contributed by atoms with Gasteiger partial charge in [-0.3, -0.25) is 0 Å². The summed E-state index contributed by atoms with van der Waals surface area (Å²) in [5, 5.41) is 0. The number of rotatable bonds is 0. The third-order valence-electron chi connectivity index (χ3n) is 1.38. The Bertz CT molecular complexity index is 327. The van der Waals surface area contributed by atoms with E-state index in [1.54, 1.807) is 6.07 Å². The Hall–Kier alpha value is -0.970. The minimum absolute atomic E-state index is 0.0208. The number of thiol groups is 1. The smallest absolute Gasteiger partial charge is 0.395 e. The zero-order valence-electron chi connectivity index (χ0n) is 5.75. The Balaban J connectivity index is 2.43. The highest BCUT2D eigenvalue weighted by atomic mass is 32.1. The highest BCUT2D eigenvalue weighted by molar-refractivity contribution is 7.80. The zero-order chi connectivity index (χ0) is 8.77. The van der Waals surface area contributed by atoms with Crippen LogP contribution in [0.15, 0.2) is 23.1 Å². The molecule has 0 saturated carbocycles. The van der Waals surface area contributed by atoms with Gasteiger partial charge in [0.25, 0.3) is 0 Å². The van der Waals surface area contributed by atoms with Crippen molar-refractivity contribution in [2.24, 2.45) is 0 Å². The van der Waals surface area contributed by atoms with E-state index in [-0.39, 0.29) is 11.5 Å². The average molecular weight is 190 g/mol. The molecule has 2 rings (SSSR count). The molecule has 0 atom stereocenters. The summed E-state index contributed by atoms with van der Waals surface area (Å²) in [6.07, 6.45) is -3.54. The van der Waals surface area contributed by atoms with Crippen LogP contribution in [0.4, 0.5) is 8.78 Å². The van der Waals surface area contributed by atoms with Gasteiger partial charge in [-0.25, -0.2) is 0 Å². The number of hydrogen-bond donors (Lipinski definition) is 1. The molecule has 1 aliphatic rings. The van der Waals surface area contributed by atoms with Gasteiger partial charge >= 0.3 is 6.29 Å². The lowest BCUT2D eigenvalue weighted by atomic mass is 10.3. The molecule has 1 aliphatic heterocycles. The second-order valence-corrected chi connectivity index (χ2v) is 2.81. The number of benzene rings is 1. The van der Waals surface area contributed by atoms with Gasteiger partial charge < -0.3 is 9.47 Å². The van der Waals surface area contributed by atoms with Crippen molar-refractivity contribution >= 4 is 12.6 Å². The lowest BCUT2D eigenvalue weighted by Gasteiger charge is -2.04. The van der Waals surface area contributed by atoms with E-state index in [1.807, 2.05) is 0 Å². The fourth-order valence-electron chi connectivity index (χ4n) is 0.938. The fraction of sp³-hybridized carbons (Fsp3) is 0.143. The Kier molecular flexibility index (Phi) is 1.44. The summed E-state index contributed by atoms with van der Waals surface area (Å²) in [7, 11) is 0. The quantitative estimate of drug-likeness (QED) is 0.633. The van der Waals surface area contributed by atoms with Crippen LogP contribution >= 0.6 is 12.6 Å². The molecule has 1 heterocycles. The van der Waals surface area contributed by atoms with Gasteiger partial charge in [-0.2, -0.15) is 0 Å². The van der Waals surface area contributed by atoms with Gasteiger partial charge in [-0.15, -0.1) is 21.4 Å². The first-order valence-corrected chi connectivity index (χ1v) is 3.60. The van der Waals surface area contributed by atoms with Crippen LogP contribution in [0.25, 0.3) is 0 Å². The Morgan fingerprint density at radius 2 is 1.83 bits per heavy atom. The molecule has 0 amide bonds. The second kappa shape index (κ2) is 2.26. The predicted molar refractivity (Wildman–Crippen MR) is 39.9 cm³/mol. The van der Waals surface area contributed by atoms with Crippen molar-refractivity contribution in [3.8, 4) is 11.5 Å². The van der Waals surface area contributed by atoms with E-state index in [0.717, 1.165) is 0 Å². The van der Waals surface area contributed by atoms with Gasteiger partial charge in [-0.05, 0) is 18.2 Å². The standard InChI is InChI=1S/C7H4F2O2S/c8-7(9)10-5-2-1-4(12)3-6(5)11-7/h1-3,12H. The van der Waals surface area contributed by atoms with Gasteiger partial charge in [-0.1, -0.05) is 0 Å². The van der Waals surface area contributed by atoms with E-state index in [4.69, 9.17) is 0 Å². The predicted octanol–water partition coefficient (Wildman–Crippen LogP) is 2.30. The van der Waals surface area contributed by atoms with Gasteiger partial charge in [0.15, 0.2) is 11.5 Å². The van der Waals surface area contributed by atoms with Gasteiger partial charge in [0.1, 0.15) is 0 Å². The summed E-state index contributed by atoms with van der Waals surface area (Å²) in [5.74, 6) is 0.0605. The molecule has 5 heteroatoms. The molecule has 1 aromatic rings. The largest absolute Gasteiger partial charge is 0.586 e. The van der Waals surface area contributed by atoms with Gasteiger partial charge in [0.2, 0.25) is 0 Å². The molecule has 0 N–H and O–H groups in total. The first-order valence-electron chi connectivity index (χ1n) is 3.16. The van der Waals surface area contributed by atoms with Crippen LogP contribution in [0.3, 0.4) is 0 Å². The van der Waals surface area contributed by atoms with E-state index >= 15 is 0 Å². The highest BCUT2D eigenvalue weighted by Gasteiger charge is 2.43. The lowest BCUT2D eigenvalue weighted by molar-refractivity contribution is -0.286. The molecule has 0 bridgehead atoms. The van der Waals surface area contributed by atoms with Crippen molar-refractivity contribution in [2.75, 3.05) is 0 Å². The molecular formula is C7H4F2O2S. The molecular weight excluding hydrogens is 186 g/mol. The molecule has 0 aliphatic carbocycles. The molecule has 0 fully saturated rings. The van der Waals surface area contributed by atoms with E-state index in [0.29, 0.717) is 4.90 Å². The zero-order valence-corrected chi connectivity index (χ0v) is 6.65. The maximum Gasteiger partial charge on any atom is 0.586 e. The number of alkyl halides is 2. The summed E-state index contributed by atoms with van der Waals surface area (Å²) in [6, 6.07) is 4.31. The summed E-state index contributed by atoms with van der Waals surface area (Å²) in [6.45, 7) is 0. The summed E-state index contributed by atoms with van der Waals surface area (Å²) < 4.78 is 33.1. The summed E-state index contributed by atoms with van der Waals surface area (Å²) >= 11 is 3.96. The SMILES string of the molecule is FC1(F)Oc2ccc(S)cc2O1. The van der Waals surface area contributed by atoms with E-state index in [1.165, 1.54) is 12.1 Å². The maximum absolute atomic E-state index is 12.4. The minimum atomic E-state index is -3.54. The van der Waals surface area contributed by atoms with Crippen LogP contribution in [-0.4, -0.2) is 6.29 Å². The van der Waals surface area contributed by atoms with Crippen LogP contribution in [0, 0.1) is 0 Å². The molecule has 2 nitrogen and oxygen atoms in total. The monoisotopic (exact) mass is 190 g/mol. The van der Waals surface area contributed by atoms with Crippen molar-refractivity contribution in [3.63, 3.8) is 0 Å². The molecule has 64 valence electrons. The Morgan fingerprint density at radius 1 is 1.17 bits per heavy atom. The van der Waals surface area contributed by atoms with Crippen molar-refractivity contribution in [1.29, 1.82) is 0 Å². The third kappa shape index (κ3) is 1.20. The number of ether oxygens (including phenoxy) is 2. The Morgan fingerprint density at radius 3 is 2.58 bits per heavy atom. The average Bonchev–Trinajstić information content (AvgIpc) is 2.21. The van der Waals surface area contributed by atoms with Gasteiger partial charge in [0.05, 0.1) is 0 Å². The van der Waals surface area contributed by atoms with Crippen molar-refractivity contribution in [1.82, 2.24) is 0 Å². The first-order chi connectivity index (χ1) is 5.57. The van der Waals surface area contributed by atoms with Crippen molar-refractivity contribution in [2.45, 2.75) is 11.2 Å². The molecule has 0 unspecified atom stereocenters. The minimum Gasteiger partial charge on any atom is -0.395 e. The maximum atomic E-state index is 12.4. The van der Waals surface area contributed by atoms with Gasteiger partial charge in [0, 0.05) is 4.90 Å². The van der Waals surface area contributed by atoms with Crippen LogP contribution in [0.1, 0.15) is 0 Å². The normalized spacial score (nSPS) is 17.9. The molecule has 1 aromatic carbocycles. The molecule has 0 aromatic heterocycles. The molecule has 12 heavy (non-hydrogen) atoms. The van der Waals surface area contributed by atoms with Crippen LogP contribution in [-0.2, 0) is 0 Å². The first kappa shape index (κ1) is 7.67. The molecule has 0 spiro atoms. The van der Waals surface area contributed by atoms with Crippen LogP contribution < -0.4 is 9.47 Å². The lowest BCUT2D eigenvalue weighted by Crippen LogP contribution is -2.25. The molecule has 0 radical (unpaired) electrons. The summed E-state index contributed by atoms with van der Waals surface area (Å²) in [5.41, 5.74) is 0.